The van der Waals surface area contributed by atoms with Gasteiger partial charge in [0, 0.05) is 6.42 Å². The third-order valence-electron chi connectivity index (χ3n) is 2.83. The van der Waals surface area contributed by atoms with Crippen LogP contribution in [-0.2, 0) is 18.9 Å². The Morgan fingerprint density at radius 1 is 0.667 bits per heavy atom. The van der Waals surface area contributed by atoms with Crippen molar-refractivity contribution in [1.29, 1.82) is 0 Å². The second-order valence-corrected chi connectivity index (χ2v) is 5.04. The molecule has 0 aliphatic rings. The van der Waals surface area contributed by atoms with Gasteiger partial charge in [-0.05, 0) is 25.7 Å². The fraction of sp³-hybridized carbons (Fsp3) is 0.882. The van der Waals surface area contributed by atoms with E-state index >= 15 is 0 Å². The molecule has 0 radical (unpaired) electrons. The van der Waals surface area contributed by atoms with Crippen LogP contribution in [0.25, 0.3) is 0 Å². The number of unbranched alkanes of at least 4 members (excludes halogenated alkanes) is 2. The maximum absolute atomic E-state index is 5.85. The maximum atomic E-state index is 5.85. The molecule has 126 valence electrons. The van der Waals surface area contributed by atoms with Gasteiger partial charge in [-0.1, -0.05) is 40.5 Å². The van der Waals surface area contributed by atoms with Gasteiger partial charge in [-0.2, -0.15) is 0 Å². The van der Waals surface area contributed by atoms with Crippen molar-refractivity contribution in [1.82, 2.24) is 0 Å². The van der Waals surface area contributed by atoms with Crippen molar-refractivity contribution in [2.24, 2.45) is 0 Å². The lowest BCUT2D eigenvalue weighted by Gasteiger charge is -2.17. The van der Waals surface area contributed by atoms with Crippen LogP contribution in [0.4, 0.5) is 0 Å². The van der Waals surface area contributed by atoms with Gasteiger partial charge in [0.05, 0.1) is 19.8 Å². The van der Waals surface area contributed by atoms with Gasteiger partial charge >= 0.3 is 5.95 Å². The van der Waals surface area contributed by atoms with Crippen molar-refractivity contribution in [3.63, 3.8) is 0 Å². The van der Waals surface area contributed by atoms with Crippen LogP contribution in [0.5, 0.6) is 0 Å². The highest BCUT2D eigenvalue weighted by Crippen LogP contribution is 2.17. The van der Waals surface area contributed by atoms with Crippen molar-refractivity contribution in [2.45, 2.75) is 72.6 Å². The standard InChI is InChI=1S/C17H34O4/c1-5-9-13-19-16(11-7-3)17(20-14-10-6-2)21-15-18-12-8-4/h5-15H2,1-4H3/b17-16-. The van der Waals surface area contributed by atoms with E-state index in [-0.39, 0.29) is 6.79 Å². The van der Waals surface area contributed by atoms with E-state index in [0.717, 1.165) is 50.7 Å². The summed E-state index contributed by atoms with van der Waals surface area (Å²) in [4.78, 5) is 0. The molecule has 0 amide bonds. The first-order valence-corrected chi connectivity index (χ1v) is 8.49. The zero-order valence-electron chi connectivity index (χ0n) is 14.4. The lowest BCUT2D eigenvalue weighted by atomic mass is 10.3. The molecule has 0 unspecified atom stereocenters. The minimum Gasteiger partial charge on any atom is -0.491 e. The van der Waals surface area contributed by atoms with Gasteiger partial charge < -0.3 is 18.9 Å². The van der Waals surface area contributed by atoms with Gasteiger partial charge in [-0.3, -0.25) is 0 Å². The Hall–Kier alpha value is -0.900. The molecular weight excluding hydrogens is 268 g/mol. The minimum absolute atomic E-state index is 0.222. The molecule has 0 rings (SSSR count). The summed E-state index contributed by atoms with van der Waals surface area (Å²) in [6.07, 6.45) is 7.08. The second-order valence-electron chi connectivity index (χ2n) is 5.04. The SMILES string of the molecule is CCCCO/C(CCC)=C(/OCCCC)OCOCCC. The third kappa shape index (κ3) is 11.4. The Balaban J connectivity index is 4.54. The molecule has 0 aliphatic carbocycles. The Morgan fingerprint density at radius 3 is 1.90 bits per heavy atom. The van der Waals surface area contributed by atoms with Crippen LogP contribution in [0.15, 0.2) is 11.7 Å². The summed E-state index contributed by atoms with van der Waals surface area (Å²) >= 11 is 0. The van der Waals surface area contributed by atoms with Crippen LogP contribution in [0.3, 0.4) is 0 Å². The molecule has 0 aromatic carbocycles. The summed E-state index contributed by atoms with van der Waals surface area (Å²) in [5.74, 6) is 1.33. The molecule has 0 bridgehead atoms. The largest absolute Gasteiger partial charge is 0.491 e. The van der Waals surface area contributed by atoms with Crippen molar-refractivity contribution in [3.05, 3.63) is 11.7 Å². The summed E-state index contributed by atoms with van der Waals surface area (Å²) in [7, 11) is 0. The lowest BCUT2D eigenvalue weighted by molar-refractivity contribution is -0.0836. The summed E-state index contributed by atoms with van der Waals surface area (Å²) in [6, 6.07) is 0. The highest BCUT2D eigenvalue weighted by molar-refractivity contribution is 4.95. The Bertz CT molecular complexity index is 251. The Labute approximate surface area is 130 Å². The van der Waals surface area contributed by atoms with Gasteiger partial charge in [0.15, 0.2) is 12.6 Å². The molecule has 0 aromatic rings. The monoisotopic (exact) mass is 302 g/mol. The van der Waals surface area contributed by atoms with Crippen LogP contribution < -0.4 is 0 Å². The molecule has 0 aromatic heterocycles. The molecule has 0 aliphatic heterocycles. The first-order valence-electron chi connectivity index (χ1n) is 8.49. The second kappa shape index (κ2) is 15.5. The number of allylic oxidation sites excluding steroid dienone is 1. The van der Waals surface area contributed by atoms with Crippen molar-refractivity contribution in [3.8, 4) is 0 Å². The normalized spacial score (nSPS) is 12.0. The molecule has 21 heavy (non-hydrogen) atoms. The predicted octanol–water partition coefficient (Wildman–Crippen LogP) is 4.99. The van der Waals surface area contributed by atoms with Crippen LogP contribution in [0, 0.1) is 0 Å². The molecule has 0 saturated heterocycles. The first kappa shape index (κ1) is 20.1. The summed E-state index contributed by atoms with van der Waals surface area (Å²) in [5, 5.41) is 0. The fourth-order valence-corrected chi connectivity index (χ4v) is 1.61. The predicted molar refractivity (Wildman–Crippen MR) is 85.8 cm³/mol. The third-order valence-corrected chi connectivity index (χ3v) is 2.83. The van der Waals surface area contributed by atoms with E-state index in [0.29, 0.717) is 25.8 Å². The maximum Gasteiger partial charge on any atom is 0.321 e. The van der Waals surface area contributed by atoms with Crippen molar-refractivity contribution in [2.75, 3.05) is 26.6 Å². The number of ether oxygens (including phenoxy) is 4. The van der Waals surface area contributed by atoms with Crippen LogP contribution >= 0.6 is 0 Å². The van der Waals surface area contributed by atoms with Gasteiger partial charge in [0.25, 0.3) is 0 Å². The molecule has 0 spiro atoms. The van der Waals surface area contributed by atoms with Gasteiger partial charge in [-0.25, -0.2) is 0 Å². The number of hydrogen-bond acceptors (Lipinski definition) is 4. The molecule has 0 atom stereocenters. The van der Waals surface area contributed by atoms with E-state index < -0.39 is 0 Å². The Morgan fingerprint density at radius 2 is 1.33 bits per heavy atom. The van der Waals surface area contributed by atoms with E-state index in [1.807, 2.05) is 0 Å². The van der Waals surface area contributed by atoms with Crippen LogP contribution in [0.1, 0.15) is 72.6 Å². The van der Waals surface area contributed by atoms with E-state index in [9.17, 15) is 0 Å². The minimum atomic E-state index is 0.222. The fourth-order valence-electron chi connectivity index (χ4n) is 1.61. The smallest absolute Gasteiger partial charge is 0.321 e. The zero-order chi connectivity index (χ0) is 15.8. The Kier molecular flexibility index (Phi) is 14.8. The summed E-state index contributed by atoms with van der Waals surface area (Å²) in [6.45, 7) is 10.8. The molecule has 0 heterocycles. The molecule has 4 heteroatoms. The summed E-state index contributed by atoms with van der Waals surface area (Å²) in [5.41, 5.74) is 0. The average molecular weight is 302 g/mol. The molecule has 0 saturated carbocycles. The highest BCUT2D eigenvalue weighted by atomic mass is 16.7. The van der Waals surface area contributed by atoms with Gasteiger partial charge in [0.2, 0.25) is 0 Å². The molecule has 4 nitrogen and oxygen atoms in total. The van der Waals surface area contributed by atoms with Crippen molar-refractivity contribution < 1.29 is 18.9 Å². The van der Waals surface area contributed by atoms with E-state index in [1.54, 1.807) is 0 Å². The quantitative estimate of drug-likeness (QED) is 0.242. The topological polar surface area (TPSA) is 36.9 Å². The van der Waals surface area contributed by atoms with Crippen LogP contribution in [-0.4, -0.2) is 26.6 Å². The number of hydrogen-bond donors (Lipinski definition) is 0. The van der Waals surface area contributed by atoms with Gasteiger partial charge in [0.1, 0.15) is 0 Å². The van der Waals surface area contributed by atoms with E-state index in [1.165, 1.54) is 0 Å². The van der Waals surface area contributed by atoms with Crippen LogP contribution in [0.2, 0.25) is 0 Å². The summed E-state index contributed by atoms with van der Waals surface area (Å²) < 4.78 is 22.6. The van der Waals surface area contributed by atoms with Crippen molar-refractivity contribution >= 4 is 0 Å². The van der Waals surface area contributed by atoms with E-state index in [4.69, 9.17) is 18.9 Å². The lowest BCUT2D eigenvalue weighted by Crippen LogP contribution is -2.10. The highest BCUT2D eigenvalue weighted by Gasteiger charge is 2.12. The van der Waals surface area contributed by atoms with Gasteiger partial charge in [-0.15, -0.1) is 0 Å². The number of rotatable bonds is 15. The molecule has 0 N–H and O–H groups in total. The van der Waals surface area contributed by atoms with E-state index in [2.05, 4.69) is 27.7 Å². The zero-order valence-corrected chi connectivity index (χ0v) is 14.4. The molecular formula is C17H34O4. The first-order chi connectivity index (χ1) is 10.3. The molecule has 0 fully saturated rings. The average Bonchev–Trinajstić information content (AvgIpc) is 2.49.